The molecule has 6 rings (SSSR count). The van der Waals surface area contributed by atoms with Gasteiger partial charge in [0.05, 0.1) is 76.9 Å². The lowest BCUT2D eigenvalue weighted by atomic mass is 10.2. The molecule has 30 nitrogen and oxygen atoms in total. The summed E-state index contributed by atoms with van der Waals surface area (Å²) in [5.41, 5.74) is -2.00. The quantitative estimate of drug-likeness (QED) is 0.00975. The molecule has 0 aromatic heterocycles. The van der Waals surface area contributed by atoms with Crippen molar-refractivity contribution in [2.75, 3.05) is 39.6 Å². The normalized spacial score (nSPS) is 15.2. The fourth-order valence-electron chi connectivity index (χ4n) is 8.91. The molecule has 0 saturated carbocycles. The number of aliphatic hydroxyl groups excluding tert-OH is 3. The predicted octanol–water partition coefficient (Wildman–Crippen LogP) is 21.0. The Morgan fingerprint density at radius 2 is 0.535 bits per heavy atom. The van der Waals surface area contributed by atoms with Crippen molar-refractivity contribution in [2.45, 2.75) is 245 Å². The van der Waals surface area contributed by atoms with E-state index in [4.69, 9.17) is 91.5 Å². The van der Waals surface area contributed by atoms with E-state index < -0.39 is 148 Å². The maximum atomic E-state index is 13.0. The van der Waals surface area contributed by atoms with E-state index in [-0.39, 0.29) is 86.9 Å². The molecule has 41 heteroatoms. The van der Waals surface area contributed by atoms with Crippen LogP contribution in [0.4, 0.5) is 8.78 Å². The first-order chi connectivity index (χ1) is 57.7. The Balaban J connectivity index is -0.00000145. The van der Waals surface area contributed by atoms with Gasteiger partial charge in [0.1, 0.15) is 84.1 Å². The van der Waals surface area contributed by atoms with Crippen molar-refractivity contribution < 1.29 is 122 Å². The molecule has 0 bridgehead atoms. The highest BCUT2D eigenvalue weighted by atomic mass is 35.5. The second-order valence-corrected chi connectivity index (χ2v) is 47.0. The van der Waals surface area contributed by atoms with Crippen molar-refractivity contribution in [1.82, 2.24) is 30.5 Å². The molecule has 0 amide bonds. The number of rotatable bonds is 43. The third-order valence-corrected chi connectivity index (χ3v) is 33.0. The van der Waals surface area contributed by atoms with Gasteiger partial charge in [-0.25, -0.2) is 39.3 Å². The lowest BCUT2D eigenvalue weighted by Gasteiger charge is -2.26. The Bertz CT molecular complexity index is 4370. The molecule has 127 heavy (non-hydrogen) atoms. The number of carbonyl (C=O) groups is 6. The lowest BCUT2D eigenvalue weighted by molar-refractivity contribution is -0.146. The first-order valence-corrected chi connectivity index (χ1v) is 51.1. The fraction of sp³-hybridized carbons (Fsp3) is 0.512. The van der Waals surface area contributed by atoms with Crippen molar-refractivity contribution >= 4 is 115 Å². The summed E-state index contributed by atoms with van der Waals surface area (Å²) in [7, 11) is -19.8. The van der Waals surface area contributed by atoms with Gasteiger partial charge in [-0.2, -0.15) is 0 Å². The number of ether oxygens (including phenoxy) is 3. The molecule has 12 atom stereocenters. The summed E-state index contributed by atoms with van der Waals surface area (Å²) >= 11 is 17.6. The fourth-order valence-corrected chi connectivity index (χ4v) is 19.4. The number of ketones is 3. The predicted molar refractivity (Wildman–Crippen MR) is 505 cm³/mol. The average molecular weight is 1970 g/mol. The van der Waals surface area contributed by atoms with Crippen LogP contribution < -0.4 is 57.7 Å². The Kier molecular flexibility index (Phi) is 59.9. The van der Waals surface area contributed by atoms with Crippen molar-refractivity contribution in [3.8, 4) is 34.5 Å². The molecule has 0 spiro atoms. The molecule has 6 aromatic rings. The van der Waals surface area contributed by atoms with Gasteiger partial charge >= 0.3 is 63.0 Å². The molecular formula is C86H137Cl3F2N6O24P6. The van der Waals surface area contributed by atoms with E-state index in [0.29, 0.717) is 44.7 Å². The summed E-state index contributed by atoms with van der Waals surface area (Å²) in [6.45, 7) is 36.6. The number of hydrogen-bond acceptors (Lipinski definition) is 24. The zero-order valence-corrected chi connectivity index (χ0v) is 81.8. The zero-order valence-electron chi connectivity index (χ0n) is 74.2. The standard InChI is InChI=1S/C16H26NO4P.C14H21ClNO4P.C14H21FNO4P.2C13H19ClNO4P.C13H19FNO4P.3CH4/c1-12(2)11-20-16(18)14(5)17-22(19,13(3)4)21-15-9-7-6-8-10-15;2*1-5-19-14(17)11(4)16-21(18,10(2)3)20-13-8-6-12(15)7-9-13;1-9(2)20(18,15-10(3)13(17)8-16)19-12-6-4-11(14)5-7-12;1-9(2)20(18,15-10(3)12(17)8-16)19-13-7-5-4-6-11(13)14;1-9(2)20(18,15-10(3)13(17)8-16)19-12-6-4-11(14)5-7-12;;;/h6-10,12-14H,11H2,1-5H3,(H,17,19);2*6-11H,5H2,1-4H3,(H,16,18);3*4-7,9-10,16H,8H2,1-3H3,(H,15,18);3*1H4/t14-,22?;2*11-,21?;3*10-,20?;;;/m000000.../s1. The molecule has 6 unspecified atom stereocenters. The van der Waals surface area contributed by atoms with E-state index in [2.05, 4.69) is 30.5 Å². The second kappa shape index (κ2) is 61.1. The van der Waals surface area contributed by atoms with Crippen LogP contribution in [0.1, 0.15) is 175 Å². The summed E-state index contributed by atoms with van der Waals surface area (Å²) in [5.74, 6) is -1.16. The Hall–Kier alpha value is -6.71. The van der Waals surface area contributed by atoms with Crippen LogP contribution in [-0.4, -0.2) is 160 Å². The molecule has 6 aromatic carbocycles. The zero-order chi connectivity index (χ0) is 94.8. The lowest BCUT2D eigenvalue weighted by Crippen LogP contribution is -2.37. The number of hydrogen-bond donors (Lipinski definition) is 9. The number of benzene rings is 6. The number of para-hydroxylation sites is 2. The van der Waals surface area contributed by atoms with E-state index in [1.54, 1.807) is 222 Å². The molecule has 720 valence electrons. The van der Waals surface area contributed by atoms with Crippen LogP contribution >= 0.6 is 79.9 Å². The number of halogens is 5. The summed E-state index contributed by atoms with van der Waals surface area (Å²) in [6.07, 6.45) is 0. The van der Waals surface area contributed by atoms with Gasteiger partial charge < -0.3 is 56.7 Å². The van der Waals surface area contributed by atoms with E-state index in [1.165, 1.54) is 62.4 Å². The molecule has 0 saturated heterocycles. The van der Waals surface area contributed by atoms with Gasteiger partial charge in [-0.3, -0.25) is 56.2 Å². The van der Waals surface area contributed by atoms with Gasteiger partial charge in [0.2, 0.25) is 0 Å². The number of esters is 3. The van der Waals surface area contributed by atoms with Crippen molar-refractivity contribution in [3.63, 3.8) is 0 Å². The number of Topliss-reactive ketones (excluding diaryl/α,β-unsaturated/α-hetero) is 3. The summed E-state index contributed by atoms with van der Waals surface area (Å²) < 4.78 is 151. The number of aliphatic hydroxyl groups is 3. The monoisotopic (exact) mass is 1970 g/mol. The van der Waals surface area contributed by atoms with Gasteiger partial charge in [0.15, 0.2) is 17.3 Å². The molecule has 0 aliphatic carbocycles. The van der Waals surface area contributed by atoms with Crippen LogP contribution in [0.5, 0.6) is 34.5 Å². The van der Waals surface area contributed by atoms with Crippen LogP contribution in [-0.2, 0) is 70.4 Å². The highest BCUT2D eigenvalue weighted by Gasteiger charge is 2.39. The maximum absolute atomic E-state index is 13.0. The van der Waals surface area contributed by atoms with Crippen molar-refractivity contribution in [1.29, 1.82) is 0 Å². The minimum atomic E-state index is -3.36. The molecule has 0 radical (unpaired) electrons. The first kappa shape index (κ1) is 124. The van der Waals surface area contributed by atoms with Crippen molar-refractivity contribution in [3.05, 3.63) is 178 Å². The van der Waals surface area contributed by atoms with Gasteiger partial charge in [0, 0.05) is 10.0 Å². The Morgan fingerprint density at radius 1 is 0.315 bits per heavy atom. The summed E-state index contributed by atoms with van der Waals surface area (Å²) in [5, 5.41) is 44.2. The van der Waals surface area contributed by atoms with E-state index in [0.717, 1.165) is 0 Å². The minimum Gasteiger partial charge on any atom is -0.465 e. The third-order valence-electron chi connectivity index (χ3n) is 16.7. The molecule has 0 fully saturated rings. The van der Waals surface area contributed by atoms with Gasteiger partial charge in [-0.1, -0.05) is 184 Å². The minimum absolute atomic E-state index is 0. The highest BCUT2D eigenvalue weighted by Crippen LogP contribution is 2.54. The van der Waals surface area contributed by atoms with Crippen LogP contribution in [0, 0.1) is 17.6 Å². The van der Waals surface area contributed by atoms with E-state index in [1.807, 2.05) is 19.9 Å². The summed E-state index contributed by atoms with van der Waals surface area (Å²) in [6, 6.07) is 34.5. The average Bonchev–Trinajstić information content (AvgIpc) is 0.869. The topological polar surface area (TPSA) is 421 Å². The van der Waals surface area contributed by atoms with Crippen LogP contribution in [0.25, 0.3) is 0 Å². The number of carbonyl (C=O) groups excluding carboxylic acids is 6. The number of nitrogens with one attached hydrogen (secondary N) is 6. The van der Waals surface area contributed by atoms with E-state index in [9.17, 15) is 64.9 Å². The largest absolute Gasteiger partial charge is 0.465 e. The van der Waals surface area contributed by atoms with Gasteiger partial charge in [-0.15, -0.1) is 0 Å². The van der Waals surface area contributed by atoms with Gasteiger partial charge in [-0.05, 0) is 183 Å². The first-order valence-electron chi connectivity index (χ1n) is 39.8. The Morgan fingerprint density at radius 3 is 0.772 bits per heavy atom. The SMILES string of the molecule is C.C.C.CC(C)COC(=O)[C@H](C)NP(=O)(Oc1ccccc1)C(C)C.CC(C)P(=O)(N[C@@H](C)C(=O)CO)Oc1ccc(Cl)cc1.CC(C)P(=O)(N[C@@H](C)C(=O)CO)Oc1ccc(F)cc1.CC(C)P(=O)(N[C@@H](C)C(=O)CO)Oc1ccccc1Cl.CCOC(=O)[C@H](C)NP(=O)(Oc1ccc(Cl)cc1)C(C)C.CCOC(=O)[C@H](C)NP(=O)(Oc1ccc(F)cc1)C(C)C. The van der Waals surface area contributed by atoms with Crippen LogP contribution in [0.2, 0.25) is 15.1 Å². The molecular weight excluding hydrogens is 1830 g/mol. The highest BCUT2D eigenvalue weighted by molar-refractivity contribution is 7.59. The van der Waals surface area contributed by atoms with Gasteiger partial charge in [0.25, 0.3) is 0 Å². The molecule has 9 N–H and O–H groups in total. The second-order valence-electron chi connectivity index (χ2n) is 29.8. The molecule has 0 aliphatic rings. The van der Waals surface area contributed by atoms with Crippen molar-refractivity contribution in [2.24, 2.45) is 5.92 Å². The maximum Gasteiger partial charge on any atom is 0.323 e. The Labute approximate surface area is 766 Å². The third kappa shape index (κ3) is 45.8. The summed E-state index contributed by atoms with van der Waals surface area (Å²) in [4.78, 5) is 69.4. The smallest absolute Gasteiger partial charge is 0.323 e. The van der Waals surface area contributed by atoms with Crippen LogP contribution in [0.3, 0.4) is 0 Å². The molecule has 0 aliphatic heterocycles. The van der Waals surface area contributed by atoms with E-state index >= 15 is 0 Å². The van der Waals surface area contributed by atoms with Crippen LogP contribution in [0.15, 0.2) is 152 Å². The molecule has 0 heterocycles.